The number of rotatable bonds is 4. The minimum Gasteiger partial charge on any atom is -0.480 e. The zero-order valence-corrected chi connectivity index (χ0v) is 12.4. The normalized spacial score (nSPS) is 22.4. The Morgan fingerprint density at radius 2 is 1.75 bits per heavy atom. The van der Waals surface area contributed by atoms with Crippen LogP contribution in [0.5, 0.6) is 0 Å². The van der Waals surface area contributed by atoms with Gasteiger partial charge in [-0.2, -0.15) is 0 Å². The van der Waals surface area contributed by atoms with Crippen LogP contribution in [-0.2, 0) is 4.79 Å². The van der Waals surface area contributed by atoms with Gasteiger partial charge in [-0.25, -0.2) is 9.59 Å². The number of nitrogens with one attached hydrogen (secondary N) is 1. The zero-order valence-electron chi connectivity index (χ0n) is 12.4. The molecule has 2 aliphatic carbocycles. The molecule has 0 spiro atoms. The van der Waals surface area contributed by atoms with E-state index in [0.717, 1.165) is 32.2 Å². The van der Waals surface area contributed by atoms with Crippen LogP contribution in [0.4, 0.5) is 4.79 Å². The average molecular weight is 282 g/mol. The molecule has 0 atom stereocenters. The minimum absolute atomic E-state index is 0.235. The van der Waals surface area contributed by atoms with Crippen LogP contribution < -0.4 is 5.32 Å². The Morgan fingerprint density at radius 3 is 2.20 bits per heavy atom. The van der Waals surface area contributed by atoms with E-state index in [1.54, 1.807) is 11.9 Å². The van der Waals surface area contributed by atoms with Crippen molar-refractivity contribution in [3.8, 4) is 0 Å². The van der Waals surface area contributed by atoms with E-state index >= 15 is 0 Å². The molecule has 0 aromatic carbocycles. The third-order valence-corrected chi connectivity index (χ3v) is 4.82. The maximum Gasteiger partial charge on any atom is 0.329 e. The third-order valence-electron chi connectivity index (χ3n) is 4.82. The summed E-state index contributed by atoms with van der Waals surface area (Å²) in [5, 5.41) is 12.4. The number of urea groups is 1. The first-order valence-electron chi connectivity index (χ1n) is 7.80. The zero-order chi connectivity index (χ0) is 14.6. The maximum absolute atomic E-state index is 12.3. The van der Waals surface area contributed by atoms with Crippen LogP contribution in [0.15, 0.2) is 0 Å². The Hall–Kier alpha value is -1.26. The third kappa shape index (κ3) is 3.44. The van der Waals surface area contributed by atoms with Crippen LogP contribution in [0.3, 0.4) is 0 Å². The fourth-order valence-electron chi connectivity index (χ4n) is 3.17. The standard InChI is InChI=1S/C15H26N2O3/c1-17(11-12-7-6-8-12)14(20)16-15(13(18)19)9-4-2-3-5-10-15/h12H,2-11H2,1H3,(H,16,20)(H,18,19). The van der Waals surface area contributed by atoms with Gasteiger partial charge in [0, 0.05) is 13.6 Å². The first-order valence-corrected chi connectivity index (χ1v) is 7.80. The Bertz CT molecular complexity index is 358. The Morgan fingerprint density at radius 1 is 1.15 bits per heavy atom. The quantitative estimate of drug-likeness (QED) is 0.779. The lowest BCUT2D eigenvalue weighted by Gasteiger charge is -2.34. The molecule has 0 radical (unpaired) electrons. The number of hydrogen-bond donors (Lipinski definition) is 2. The van der Waals surface area contributed by atoms with Crippen molar-refractivity contribution in [2.75, 3.05) is 13.6 Å². The highest BCUT2D eigenvalue weighted by atomic mass is 16.4. The summed E-state index contributed by atoms with van der Waals surface area (Å²) in [6.07, 6.45) is 8.57. The fourth-order valence-corrected chi connectivity index (χ4v) is 3.17. The monoisotopic (exact) mass is 282 g/mol. The van der Waals surface area contributed by atoms with E-state index in [4.69, 9.17) is 0 Å². The molecular weight excluding hydrogens is 256 g/mol. The highest BCUT2D eigenvalue weighted by molar-refractivity contribution is 5.86. The SMILES string of the molecule is CN(CC1CCC1)C(=O)NC1(C(=O)O)CCCCCC1. The van der Waals surface area contributed by atoms with Gasteiger partial charge in [0.1, 0.15) is 5.54 Å². The lowest BCUT2D eigenvalue weighted by atomic mass is 9.85. The summed E-state index contributed by atoms with van der Waals surface area (Å²) in [6, 6.07) is -0.235. The molecule has 114 valence electrons. The molecule has 2 saturated carbocycles. The lowest BCUT2D eigenvalue weighted by molar-refractivity contribution is -0.145. The number of carboxylic acid groups (broad SMARTS) is 1. The number of aliphatic carboxylic acids is 1. The Kier molecular flexibility index (Phi) is 4.89. The predicted octanol–water partition coefficient (Wildman–Crippen LogP) is 2.61. The van der Waals surface area contributed by atoms with E-state index < -0.39 is 11.5 Å². The molecule has 0 unspecified atom stereocenters. The smallest absolute Gasteiger partial charge is 0.329 e. The molecule has 0 heterocycles. The van der Waals surface area contributed by atoms with E-state index in [-0.39, 0.29) is 6.03 Å². The van der Waals surface area contributed by atoms with Crippen molar-refractivity contribution in [1.29, 1.82) is 0 Å². The number of hydrogen-bond acceptors (Lipinski definition) is 2. The second-order valence-corrected chi connectivity index (χ2v) is 6.41. The summed E-state index contributed by atoms with van der Waals surface area (Å²) in [4.78, 5) is 25.6. The predicted molar refractivity (Wildman–Crippen MR) is 76.6 cm³/mol. The fraction of sp³-hybridized carbons (Fsp3) is 0.867. The molecule has 2 amide bonds. The number of nitrogens with zero attached hydrogens (tertiary/aromatic N) is 1. The number of carboxylic acids is 1. The van der Waals surface area contributed by atoms with Crippen molar-refractivity contribution in [2.24, 2.45) is 5.92 Å². The molecule has 0 aromatic heterocycles. The van der Waals surface area contributed by atoms with Crippen LogP contribution in [-0.4, -0.2) is 41.1 Å². The van der Waals surface area contributed by atoms with Crippen LogP contribution in [0.25, 0.3) is 0 Å². The van der Waals surface area contributed by atoms with Gasteiger partial charge in [-0.1, -0.05) is 32.1 Å². The van der Waals surface area contributed by atoms with E-state index in [9.17, 15) is 14.7 Å². The van der Waals surface area contributed by atoms with Crippen molar-refractivity contribution in [3.63, 3.8) is 0 Å². The summed E-state index contributed by atoms with van der Waals surface area (Å²) in [5.41, 5.74) is -1.05. The van der Waals surface area contributed by atoms with E-state index in [1.807, 2.05) is 0 Å². The van der Waals surface area contributed by atoms with Crippen molar-refractivity contribution in [2.45, 2.75) is 63.3 Å². The van der Waals surface area contributed by atoms with Crippen molar-refractivity contribution >= 4 is 12.0 Å². The molecular formula is C15H26N2O3. The molecule has 2 aliphatic rings. The van der Waals surface area contributed by atoms with Crippen LogP contribution in [0.1, 0.15) is 57.8 Å². The summed E-state index contributed by atoms with van der Waals surface area (Å²) < 4.78 is 0. The average Bonchev–Trinajstić information content (AvgIpc) is 2.60. The van der Waals surface area contributed by atoms with Crippen LogP contribution in [0.2, 0.25) is 0 Å². The van der Waals surface area contributed by atoms with Crippen molar-refractivity contribution in [1.82, 2.24) is 10.2 Å². The van der Waals surface area contributed by atoms with Crippen molar-refractivity contribution in [3.05, 3.63) is 0 Å². The highest BCUT2D eigenvalue weighted by Gasteiger charge is 2.40. The summed E-state index contributed by atoms with van der Waals surface area (Å²) >= 11 is 0. The Labute approximate surface area is 120 Å². The number of carbonyl (C=O) groups is 2. The molecule has 5 nitrogen and oxygen atoms in total. The molecule has 5 heteroatoms. The van der Waals surface area contributed by atoms with E-state index in [2.05, 4.69) is 5.32 Å². The summed E-state index contributed by atoms with van der Waals surface area (Å²) in [5.74, 6) is -0.287. The second-order valence-electron chi connectivity index (χ2n) is 6.41. The molecule has 2 N–H and O–H groups in total. The molecule has 0 bridgehead atoms. The van der Waals surface area contributed by atoms with Gasteiger partial charge in [0.2, 0.25) is 0 Å². The Balaban J connectivity index is 1.95. The number of carbonyl (C=O) groups excluding carboxylic acids is 1. The minimum atomic E-state index is -1.05. The molecule has 0 saturated heterocycles. The van der Waals surface area contributed by atoms with Gasteiger partial charge in [-0.3, -0.25) is 0 Å². The van der Waals surface area contributed by atoms with Crippen LogP contribution in [0, 0.1) is 5.92 Å². The molecule has 0 aromatic rings. The van der Waals surface area contributed by atoms with Gasteiger partial charge in [0.05, 0.1) is 0 Å². The molecule has 0 aliphatic heterocycles. The van der Waals surface area contributed by atoms with Crippen LogP contribution >= 0.6 is 0 Å². The van der Waals surface area contributed by atoms with Gasteiger partial charge in [-0.15, -0.1) is 0 Å². The van der Waals surface area contributed by atoms with E-state index in [0.29, 0.717) is 18.8 Å². The first-order chi connectivity index (χ1) is 9.53. The summed E-state index contributed by atoms with van der Waals surface area (Å²) in [6.45, 7) is 0.738. The van der Waals surface area contributed by atoms with Gasteiger partial charge in [-0.05, 0) is 31.6 Å². The van der Waals surface area contributed by atoms with E-state index in [1.165, 1.54) is 19.3 Å². The van der Waals surface area contributed by atoms with Crippen molar-refractivity contribution < 1.29 is 14.7 Å². The van der Waals surface area contributed by atoms with Gasteiger partial charge in [0.25, 0.3) is 0 Å². The second kappa shape index (κ2) is 6.46. The van der Waals surface area contributed by atoms with Gasteiger partial charge < -0.3 is 15.3 Å². The maximum atomic E-state index is 12.3. The number of amides is 2. The van der Waals surface area contributed by atoms with Gasteiger partial charge in [0.15, 0.2) is 0 Å². The topological polar surface area (TPSA) is 69.6 Å². The lowest BCUT2D eigenvalue weighted by Crippen LogP contribution is -2.57. The first kappa shape index (κ1) is 15.1. The van der Waals surface area contributed by atoms with Gasteiger partial charge >= 0.3 is 12.0 Å². The molecule has 2 fully saturated rings. The molecule has 20 heavy (non-hydrogen) atoms. The highest BCUT2D eigenvalue weighted by Crippen LogP contribution is 2.29. The largest absolute Gasteiger partial charge is 0.480 e. The summed E-state index contributed by atoms with van der Waals surface area (Å²) in [7, 11) is 1.76. The molecule has 2 rings (SSSR count).